The number of carbonyl (C=O) groups excluding carboxylic acids is 1. The third-order valence-corrected chi connectivity index (χ3v) is 4.48. The lowest BCUT2D eigenvalue weighted by molar-refractivity contribution is -0.140. The summed E-state index contributed by atoms with van der Waals surface area (Å²) in [5.41, 5.74) is 0.543. The predicted molar refractivity (Wildman–Crippen MR) is 69.7 cm³/mol. The molecule has 0 amide bonds. The van der Waals surface area contributed by atoms with Gasteiger partial charge in [-0.05, 0) is 13.8 Å². The van der Waals surface area contributed by atoms with E-state index in [1.54, 1.807) is 6.92 Å². The average Bonchev–Trinajstić information content (AvgIpc) is 2.68. The number of nitrogens with zero attached hydrogens (tertiary/aromatic N) is 1. The summed E-state index contributed by atoms with van der Waals surface area (Å²) in [6.45, 7) is 4.59. The molecule has 1 unspecified atom stereocenters. The number of aliphatic carboxylic acids is 1. The van der Waals surface area contributed by atoms with Gasteiger partial charge in [0.05, 0.1) is 11.4 Å². The van der Waals surface area contributed by atoms with Gasteiger partial charge in [0, 0.05) is 12.8 Å². The number of H-pyrrole nitrogens is 1. The fraction of sp³-hybridized carbons (Fsp3) is 0.545. The number of aryl methyl sites for hydroxylation is 2. The van der Waals surface area contributed by atoms with E-state index in [1.165, 1.54) is 13.8 Å². The van der Waals surface area contributed by atoms with Crippen LogP contribution in [0, 0.1) is 13.8 Å². The molecule has 0 aliphatic rings. The maximum absolute atomic E-state index is 12.2. The highest BCUT2D eigenvalue weighted by atomic mass is 32.2. The van der Waals surface area contributed by atoms with Crippen molar-refractivity contribution in [1.82, 2.24) is 14.9 Å². The van der Waals surface area contributed by atoms with Crippen LogP contribution >= 0.6 is 0 Å². The Kier molecular flexibility index (Phi) is 5.01. The van der Waals surface area contributed by atoms with E-state index in [4.69, 9.17) is 5.11 Å². The largest absolute Gasteiger partial charge is 0.480 e. The first-order valence-electron chi connectivity index (χ1n) is 5.97. The van der Waals surface area contributed by atoms with Crippen molar-refractivity contribution in [3.05, 3.63) is 11.4 Å². The van der Waals surface area contributed by atoms with Gasteiger partial charge in [0.15, 0.2) is 0 Å². The molecule has 1 aromatic rings. The van der Waals surface area contributed by atoms with E-state index in [-0.39, 0.29) is 29.2 Å². The second-order valence-electron chi connectivity index (χ2n) is 4.37. The molecule has 0 radical (unpaired) electrons. The zero-order valence-electron chi connectivity index (χ0n) is 11.4. The Morgan fingerprint density at radius 1 is 1.40 bits per heavy atom. The molecule has 20 heavy (non-hydrogen) atoms. The van der Waals surface area contributed by atoms with Gasteiger partial charge in [0.2, 0.25) is 10.0 Å². The second kappa shape index (κ2) is 6.14. The quantitative estimate of drug-likeness (QED) is 0.656. The van der Waals surface area contributed by atoms with Crippen LogP contribution in [0.25, 0.3) is 0 Å². The molecule has 1 aromatic heterocycles. The number of carbonyl (C=O) groups is 2. The number of Topliss-reactive ketones (excluding diaryl/α,β-unsaturated/α-hetero) is 1. The summed E-state index contributed by atoms with van der Waals surface area (Å²) >= 11 is 0. The topological polar surface area (TPSA) is 129 Å². The zero-order chi connectivity index (χ0) is 15.5. The third kappa shape index (κ3) is 3.64. The van der Waals surface area contributed by atoms with Gasteiger partial charge in [0.1, 0.15) is 16.7 Å². The average molecular weight is 303 g/mol. The summed E-state index contributed by atoms with van der Waals surface area (Å²) in [7, 11) is -4.05. The number of sulfonamides is 1. The number of aromatic nitrogens is 2. The maximum atomic E-state index is 12.2. The highest BCUT2D eigenvalue weighted by Gasteiger charge is 2.30. The van der Waals surface area contributed by atoms with Crippen molar-refractivity contribution in [3.8, 4) is 0 Å². The van der Waals surface area contributed by atoms with Crippen molar-refractivity contribution in [3.63, 3.8) is 0 Å². The fourth-order valence-corrected chi connectivity index (χ4v) is 3.29. The number of hydrogen-bond donors (Lipinski definition) is 3. The Labute approximate surface area is 116 Å². The Hall–Kier alpha value is -1.74. The number of ketones is 1. The van der Waals surface area contributed by atoms with Gasteiger partial charge in [-0.1, -0.05) is 6.92 Å². The Balaban J connectivity index is 3.04. The van der Waals surface area contributed by atoms with Gasteiger partial charge >= 0.3 is 5.97 Å². The lowest BCUT2D eigenvalue weighted by atomic mass is 10.1. The molecular formula is C11H17N3O5S. The molecule has 0 aliphatic carbocycles. The van der Waals surface area contributed by atoms with Gasteiger partial charge in [-0.2, -0.15) is 9.82 Å². The van der Waals surface area contributed by atoms with Crippen LogP contribution in [-0.4, -0.2) is 41.5 Å². The minimum atomic E-state index is -4.05. The van der Waals surface area contributed by atoms with Gasteiger partial charge in [0.25, 0.3) is 0 Å². The molecule has 0 saturated heterocycles. The molecule has 0 bridgehead atoms. The molecular weight excluding hydrogens is 286 g/mol. The SMILES string of the molecule is CCC(=O)CC(NS(=O)(=O)c1c(C)n[nH]c1C)C(=O)O. The van der Waals surface area contributed by atoms with Gasteiger partial charge in [-0.15, -0.1) is 0 Å². The highest BCUT2D eigenvalue weighted by molar-refractivity contribution is 7.89. The number of carboxylic acid groups (broad SMARTS) is 1. The highest BCUT2D eigenvalue weighted by Crippen LogP contribution is 2.17. The fourth-order valence-electron chi connectivity index (χ4n) is 1.73. The van der Waals surface area contributed by atoms with Crippen LogP contribution in [0.4, 0.5) is 0 Å². The van der Waals surface area contributed by atoms with Gasteiger partial charge in [-0.25, -0.2) is 8.42 Å². The summed E-state index contributed by atoms with van der Waals surface area (Å²) in [5.74, 6) is -1.73. The Bertz CT molecular complexity index is 601. The van der Waals surface area contributed by atoms with Crippen LogP contribution in [0.3, 0.4) is 0 Å². The molecule has 0 fully saturated rings. The smallest absolute Gasteiger partial charge is 0.322 e. The summed E-state index contributed by atoms with van der Waals surface area (Å²) in [6, 6.07) is -1.49. The van der Waals surface area contributed by atoms with E-state index < -0.39 is 22.0 Å². The van der Waals surface area contributed by atoms with E-state index in [9.17, 15) is 18.0 Å². The first-order chi connectivity index (χ1) is 9.19. The van der Waals surface area contributed by atoms with Crippen molar-refractivity contribution in [1.29, 1.82) is 0 Å². The number of nitrogens with one attached hydrogen (secondary N) is 2. The summed E-state index contributed by atoms with van der Waals surface area (Å²) in [4.78, 5) is 22.3. The standard InChI is InChI=1S/C11H17N3O5S/c1-4-8(15)5-9(11(16)17)14-20(18,19)10-6(2)12-13-7(10)3/h9,14H,4-5H2,1-3H3,(H,12,13)(H,16,17). The first kappa shape index (κ1) is 16.3. The molecule has 3 N–H and O–H groups in total. The third-order valence-electron chi connectivity index (χ3n) is 2.75. The summed E-state index contributed by atoms with van der Waals surface area (Å²) in [5, 5.41) is 15.3. The number of carboxylic acids is 1. The molecule has 112 valence electrons. The summed E-state index contributed by atoms with van der Waals surface area (Å²) in [6.07, 6.45) is -0.240. The number of rotatable bonds is 7. The molecule has 0 aromatic carbocycles. The molecule has 0 saturated carbocycles. The lowest BCUT2D eigenvalue weighted by Gasteiger charge is -2.14. The first-order valence-corrected chi connectivity index (χ1v) is 7.45. The summed E-state index contributed by atoms with van der Waals surface area (Å²) < 4.78 is 26.4. The monoisotopic (exact) mass is 303 g/mol. The molecule has 1 rings (SSSR count). The molecule has 1 atom stereocenters. The van der Waals surface area contributed by atoms with Crippen LogP contribution in [-0.2, 0) is 19.6 Å². The van der Waals surface area contributed by atoms with Crippen molar-refractivity contribution < 1.29 is 23.1 Å². The van der Waals surface area contributed by atoms with Crippen LogP contribution in [0.1, 0.15) is 31.2 Å². The van der Waals surface area contributed by atoms with Crippen LogP contribution in [0.2, 0.25) is 0 Å². The predicted octanol–water partition coefficient (Wildman–Crippen LogP) is 0.127. The number of aromatic amines is 1. The normalized spacial score (nSPS) is 13.2. The Morgan fingerprint density at radius 3 is 2.40 bits per heavy atom. The van der Waals surface area contributed by atoms with Crippen LogP contribution < -0.4 is 4.72 Å². The second-order valence-corrected chi connectivity index (χ2v) is 6.02. The van der Waals surface area contributed by atoms with Gasteiger partial charge < -0.3 is 5.11 Å². The van der Waals surface area contributed by atoms with Crippen molar-refractivity contribution in [2.75, 3.05) is 0 Å². The minimum Gasteiger partial charge on any atom is -0.480 e. The molecule has 1 heterocycles. The Morgan fingerprint density at radius 2 is 2.00 bits per heavy atom. The van der Waals surface area contributed by atoms with E-state index in [1.807, 2.05) is 4.72 Å². The van der Waals surface area contributed by atoms with Crippen molar-refractivity contribution in [2.45, 2.75) is 44.6 Å². The number of hydrogen-bond acceptors (Lipinski definition) is 5. The van der Waals surface area contributed by atoms with Gasteiger partial charge in [-0.3, -0.25) is 14.7 Å². The van der Waals surface area contributed by atoms with E-state index in [0.29, 0.717) is 5.69 Å². The van der Waals surface area contributed by atoms with Crippen LogP contribution in [0.5, 0.6) is 0 Å². The zero-order valence-corrected chi connectivity index (χ0v) is 12.2. The maximum Gasteiger partial charge on any atom is 0.322 e. The molecule has 9 heteroatoms. The molecule has 0 spiro atoms. The lowest BCUT2D eigenvalue weighted by Crippen LogP contribution is -2.42. The van der Waals surface area contributed by atoms with Crippen molar-refractivity contribution >= 4 is 21.8 Å². The van der Waals surface area contributed by atoms with E-state index in [0.717, 1.165) is 0 Å². The van der Waals surface area contributed by atoms with Crippen LogP contribution in [0.15, 0.2) is 4.90 Å². The van der Waals surface area contributed by atoms with E-state index >= 15 is 0 Å². The van der Waals surface area contributed by atoms with E-state index in [2.05, 4.69) is 10.2 Å². The molecule has 0 aliphatic heterocycles. The minimum absolute atomic E-state index is 0.0901. The van der Waals surface area contributed by atoms with Crippen molar-refractivity contribution in [2.24, 2.45) is 0 Å². The molecule has 8 nitrogen and oxygen atoms in total.